The number of aromatic nitrogens is 3. The van der Waals surface area contributed by atoms with Crippen LogP contribution in [0, 0.1) is 5.82 Å². The Kier molecular flexibility index (Phi) is 5.88. The van der Waals surface area contributed by atoms with Gasteiger partial charge in [-0.2, -0.15) is 0 Å². The summed E-state index contributed by atoms with van der Waals surface area (Å²) in [6.07, 6.45) is 4.09. The van der Waals surface area contributed by atoms with Gasteiger partial charge in [0.25, 0.3) is 5.91 Å². The minimum atomic E-state index is -0.514. The van der Waals surface area contributed by atoms with Crippen molar-refractivity contribution in [1.29, 1.82) is 0 Å². The van der Waals surface area contributed by atoms with Crippen LogP contribution in [-0.2, 0) is 4.74 Å². The van der Waals surface area contributed by atoms with E-state index in [4.69, 9.17) is 14.2 Å². The number of methoxy groups -OCH3 is 2. The third kappa shape index (κ3) is 4.23. The van der Waals surface area contributed by atoms with Crippen LogP contribution in [0.4, 0.5) is 15.8 Å². The highest BCUT2D eigenvalue weighted by molar-refractivity contribution is 6.08. The number of ether oxygens (including phenoxy) is 3. The average molecular weight is 504 g/mol. The molecule has 1 atom stereocenters. The molecule has 1 aliphatic carbocycles. The Hall–Kier alpha value is -4.18. The van der Waals surface area contributed by atoms with Crippen molar-refractivity contribution in [2.75, 3.05) is 32.7 Å². The Labute approximate surface area is 212 Å². The minimum absolute atomic E-state index is 0.0487. The molecule has 0 bridgehead atoms. The molecule has 1 aliphatic heterocycles. The molecule has 9 nitrogen and oxygen atoms in total. The first kappa shape index (κ1) is 23.2. The molecule has 10 heteroatoms. The average Bonchev–Trinajstić information content (AvgIpc) is 3.67. The van der Waals surface area contributed by atoms with Crippen molar-refractivity contribution in [3.05, 3.63) is 59.7 Å². The first-order chi connectivity index (χ1) is 18.1. The SMILES string of the molecule is COc1ccc2nccc(-c3[nH]c4c(c3Nc3cccc(F)c3OC)C(=O)NC[C@@H]4COC3CC3)c2n1. The van der Waals surface area contributed by atoms with Gasteiger partial charge in [-0.15, -0.1) is 0 Å². The maximum absolute atomic E-state index is 14.6. The minimum Gasteiger partial charge on any atom is -0.492 e. The van der Waals surface area contributed by atoms with E-state index in [2.05, 4.69) is 25.6 Å². The van der Waals surface area contributed by atoms with Gasteiger partial charge < -0.3 is 29.8 Å². The number of hydrogen-bond acceptors (Lipinski definition) is 7. The van der Waals surface area contributed by atoms with Gasteiger partial charge in [0.15, 0.2) is 11.6 Å². The lowest BCUT2D eigenvalue weighted by molar-refractivity contribution is 0.0869. The second-order valence-corrected chi connectivity index (χ2v) is 9.13. The van der Waals surface area contributed by atoms with E-state index in [9.17, 15) is 9.18 Å². The molecule has 4 aromatic rings. The fourth-order valence-corrected chi connectivity index (χ4v) is 4.70. The number of benzene rings is 1. The normalized spacial score (nSPS) is 16.8. The van der Waals surface area contributed by atoms with Crippen LogP contribution in [0.15, 0.2) is 42.6 Å². The van der Waals surface area contributed by atoms with E-state index in [0.717, 1.165) is 18.5 Å². The highest BCUT2D eigenvalue weighted by atomic mass is 19.1. The number of H-pyrrole nitrogens is 1. The lowest BCUT2D eigenvalue weighted by Gasteiger charge is -2.23. The number of nitrogens with one attached hydrogen (secondary N) is 3. The number of aromatic amines is 1. The summed E-state index contributed by atoms with van der Waals surface area (Å²) in [4.78, 5) is 25.8. The maximum Gasteiger partial charge on any atom is 0.255 e. The lowest BCUT2D eigenvalue weighted by atomic mass is 9.96. The Morgan fingerprint density at radius 1 is 1.14 bits per heavy atom. The van der Waals surface area contributed by atoms with Crippen LogP contribution in [0.25, 0.3) is 22.3 Å². The summed E-state index contributed by atoms with van der Waals surface area (Å²) in [6.45, 7) is 0.925. The predicted molar refractivity (Wildman–Crippen MR) is 136 cm³/mol. The zero-order valence-corrected chi connectivity index (χ0v) is 20.4. The summed E-state index contributed by atoms with van der Waals surface area (Å²) in [5, 5.41) is 6.27. The van der Waals surface area contributed by atoms with Crippen molar-refractivity contribution < 1.29 is 23.4 Å². The number of nitrogens with zero attached hydrogens (tertiary/aromatic N) is 2. The van der Waals surface area contributed by atoms with Crippen LogP contribution >= 0.6 is 0 Å². The topological polar surface area (TPSA) is 110 Å². The van der Waals surface area contributed by atoms with E-state index < -0.39 is 5.82 Å². The largest absolute Gasteiger partial charge is 0.492 e. The Morgan fingerprint density at radius 3 is 2.78 bits per heavy atom. The van der Waals surface area contributed by atoms with E-state index in [-0.39, 0.29) is 23.7 Å². The second kappa shape index (κ2) is 9.36. The van der Waals surface area contributed by atoms with Gasteiger partial charge in [0.2, 0.25) is 5.88 Å². The fourth-order valence-electron chi connectivity index (χ4n) is 4.70. The van der Waals surface area contributed by atoms with Crippen LogP contribution in [0.1, 0.15) is 34.8 Å². The molecule has 0 spiro atoms. The molecule has 1 fully saturated rings. The molecular formula is C27H26FN5O4. The molecule has 1 amide bonds. The second-order valence-electron chi connectivity index (χ2n) is 9.13. The zero-order chi connectivity index (χ0) is 25.5. The molecule has 0 unspecified atom stereocenters. The van der Waals surface area contributed by atoms with Crippen LogP contribution in [0.5, 0.6) is 11.6 Å². The maximum atomic E-state index is 14.6. The molecule has 2 aliphatic rings. The summed E-state index contributed by atoms with van der Waals surface area (Å²) < 4.78 is 31.2. The first-order valence-electron chi connectivity index (χ1n) is 12.1. The highest BCUT2D eigenvalue weighted by Gasteiger charge is 2.35. The molecule has 0 radical (unpaired) electrons. The molecule has 190 valence electrons. The van der Waals surface area contributed by atoms with Crippen LogP contribution in [0.3, 0.4) is 0 Å². The Bertz CT molecular complexity index is 1500. The van der Waals surface area contributed by atoms with Gasteiger partial charge in [0.05, 0.1) is 55.1 Å². The van der Waals surface area contributed by atoms with E-state index >= 15 is 0 Å². The molecule has 4 heterocycles. The van der Waals surface area contributed by atoms with Gasteiger partial charge in [-0.1, -0.05) is 6.07 Å². The van der Waals surface area contributed by atoms with Gasteiger partial charge in [-0.3, -0.25) is 9.78 Å². The molecule has 37 heavy (non-hydrogen) atoms. The number of rotatable bonds is 8. The highest BCUT2D eigenvalue weighted by Crippen LogP contribution is 2.43. The summed E-state index contributed by atoms with van der Waals surface area (Å²) in [7, 11) is 2.96. The van der Waals surface area contributed by atoms with Gasteiger partial charge in [-0.25, -0.2) is 9.37 Å². The first-order valence-corrected chi connectivity index (χ1v) is 12.1. The van der Waals surface area contributed by atoms with Crippen molar-refractivity contribution in [2.45, 2.75) is 24.9 Å². The number of carbonyl (C=O) groups is 1. The van der Waals surface area contributed by atoms with Crippen LogP contribution < -0.4 is 20.1 Å². The molecule has 3 N–H and O–H groups in total. The van der Waals surface area contributed by atoms with Crippen molar-refractivity contribution in [3.8, 4) is 22.9 Å². The van der Waals surface area contributed by atoms with Crippen LogP contribution in [0.2, 0.25) is 0 Å². The standard InChI is InChI=1S/C27H26FN5O4/c1-35-20-9-8-18-23(32-20)16(10-11-29-18)24-25(31-19-5-3-4-17(28)26(19)36-2)21-22(33-24)14(12-30-27(21)34)13-37-15-6-7-15/h3-5,8-11,14-15,31,33H,6-7,12-13H2,1-2H3,(H,30,34)/t14-/m1/s1. The van der Waals surface area contributed by atoms with Gasteiger partial charge >= 0.3 is 0 Å². The van der Waals surface area contributed by atoms with E-state index in [1.165, 1.54) is 13.2 Å². The summed E-state index contributed by atoms with van der Waals surface area (Å²) in [6, 6.07) is 10.0. The Balaban J connectivity index is 1.55. The third-order valence-electron chi connectivity index (χ3n) is 6.70. The predicted octanol–water partition coefficient (Wildman–Crippen LogP) is 4.53. The zero-order valence-electron chi connectivity index (χ0n) is 20.4. The molecule has 6 rings (SSSR count). The number of amides is 1. The number of pyridine rings is 2. The molecule has 3 aromatic heterocycles. The lowest BCUT2D eigenvalue weighted by Crippen LogP contribution is -2.36. The molecule has 1 aromatic carbocycles. The summed E-state index contributed by atoms with van der Waals surface area (Å²) >= 11 is 0. The molecular weight excluding hydrogens is 477 g/mol. The van der Waals surface area contributed by atoms with Crippen molar-refractivity contribution >= 4 is 28.3 Å². The number of anilines is 2. The van der Waals surface area contributed by atoms with Gasteiger partial charge in [0.1, 0.15) is 5.52 Å². The summed E-state index contributed by atoms with van der Waals surface area (Å²) in [5.74, 6) is -0.339. The third-order valence-corrected chi connectivity index (χ3v) is 6.70. The van der Waals surface area contributed by atoms with Crippen molar-refractivity contribution in [2.24, 2.45) is 0 Å². The van der Waals surface area contributed by atoms with Gasteiger partial charge in [-0.05, 0) is 37.1 Å². The molecule has 0 saturated heterocycles. The fraction of sp³-hybridized carbons (Fsp3) is 0.296. The number of halogens is 1. The number of fused-ring (bicyclic) bond motifs is 2. The Morgan fingerprint density at radius 2 is 2.00 bits per heavy atom. The smallest absolute Gasteiger partial charge is 0.255 e. The number of para-hydroxylation sites is 1. The monoisotopic (exact) mass is 503 g/mol. The van der Waals surface area contributed by atoms with Crippen molar-refractivity contribution in [3.63, 3.8) is 0 Å². The van der Waals surface area contributed by atoms with Crippen LogP contribution in [-0.4, -0.2) is 54.3 Å². The number of carbonyl (C=O) groups excluding carboxylic acids is 1. The number of hydrogen-bond donors (Lipinski definition) is 3. The van der Waals surface area contributed by atoms with E-state index in [1.54, 1.807) is 31.5 Å². The van der Waals surface area contributed by atoms with Gasteiger partial charge in [0, 0.05) is 36.0 Å². The van der Waals surface area contributed by atoms with E-state index in [0.29, 0.717) is 58.3 Å². The van der Waals surface area contributed by atoms with Crippen molar-refractivity contribution in [1.82, 2.24) is 20.3 Å². The quantitative estimate of drug-likeness (QED) is 0.324. The van der Waals surface area contributed by atoms with E-state index in [1.807, 2.05) is 12.1 Å². The molecule has 1 saturated carbocycles. The summed E-state index contributed by atoms with van der Waals surface area (Å²) in [5.41, 5.74) is 4.68.